The molecule has 1 aliphatic carbocycles. The number of hydrogen-bond acceptors (Lipinski definition) is 2. The van der Waals surface area contributed by atoms with Crippen molar-refractivity contribution < 1.29 is 0 Å². The molecule has 0 bridgehead atoms. The Morgan fingerprint density at radius 2 is 1.94 bits per heavy atom. The van der Waals surface area contributed by atoms with Crippen molar-refractivity contribution in [3.63, 3.8) is 0 Å². The fourth-order valence-corrected chi connectivity index (χ4v) is 2.84. The zero-order valence-corrected chi connectivity index (χ0v) is 11.3. The monoisotopic (exact) mass is 282 g/mol. The van der Waals surface area contributed by atoms with Gasteiger partial charge in [-0.3, -0.25) is 0 Å². The van der Waals surface area contributed by atoms with Crippen molar-refractivity contribution in [1.29, 1.82) is 0 Å². The number of halogens is 1. The Morgan fingerprint density at radius 1 is 1.25 bits per heavy atom. The molecule has 0 aromatic heterocycles. The number of nitrogens with two attached hydrogens (primary N) is 1. The van der Waals surface area contributed by atoms with Crippen LogP contribution in [0, 0.1) is 0 Å². The molecular formula is C13H19BrN2. The molecule has 0 aliphatic heterocycles. The molecule has 2 N–H and O–H groups in total. The van der Waals surface area contributed by atoms with Crippen LogP contribution in [0.25, 0.3) is 0 Å². The second kappa shape index (κ2) is 5.09. The van der Waals surface area contributed by atoms with Crippen LogP contribution in [0.15, 0.2) is 22.7 Å². The lowest BCUT2D eigenvalue weighted by Crippen LogP contribution is -2.33. The summed E-state index contributed by atoms with van der Waals surface area (Å²) in [4.78, 5) is 2.35. The first-order valence-electron chi connectivity index (χ1n) is 5.96. The normalized spacial score (nSPS) is 17.4. The van der Waals surface area contributed by atoms with E-state index in [-0.39, 0.29) is 0 Å². The maximum atomic E-state index is 6.03. The topological polar surface area (TPSA) is 29.3 Å². The van der Waals surface area contributed by atoms with Crippen LogP contribution in [0.4, 0.5) is 11.4 Å². The average Bonchev–Trinajstić information content (AvgIpc) is 2.32. The molecule has 3 heteroatoms. The van der Waals surface area contributed by atoms with Gasteiger partial charge in [-0.15, -0.1) is 0 Å². The van der Waals surface area contributed by atoms with Gasteiger partial charge in [0, 0.05) is 17.6 Å². The predicted octanol–water partition coefficient (Wildman–Crippen LogP) is 3.80. The Morgan fingerprint density at radius 3 is 2.62 bits per heavy atom. The molecule has 2 nitrogen and oxygen atoms in total. The summed E-state index contributed by atoms with van der Waals surface area (Å²) in [5.74, 6) is 0. The first kappa shape index (κ1) is 11.8. The zero-order valence-electron chi connectivity index (χ0n) is 9.75. The highest BCUT2D eigenvalue weighted by Gasteiger charge is 2.19. The van der Waals surface area contributed by atoms with Crippen molar-refractivity contribution in [1.82, 2.24) is 0 Å². The molecule has 16 heavy (non-hydrogen) atoms. The van der Waals surface area contributed by atoms with Crippen LogP contribution in [-0.2, 0) is 0 Å². The van der Waals surface area contributed by atoms with E-state index in [1.54, 1.807) is 0 Å². The van der Waals surface area contributed by atoms with E-state index in [9.17, 15) is 0 Å². The van der Waals surface area contributed by atoms with Crippen LogP contribution in [0.1, 0.15) is 32.1 Å². The standard InChI is InChI=1S/C13H19BrN2/c1-16(11-5-3-2-4-6-11)13-9-10(14)7-8-12(13)15/h7-9,11H,2-6,15H2,1H3. The number of anilines is 2. The molecule has 2 rings (SSSR count). The summed E-state index contributed by atoms with van der Waals surface area (Å²) in [5, 5.41) is 0. The van der Waals surface area contributed by atoms with Crippen molar-refractivity contribution in [3.05, 3.63) is 22.7 Å². The minimum atomic E-state index is 0.658. The highest BCUT2D eigenvalue weighted by atomic mass is 79.9. The Balaban J connectivity index is 2.18. The van der Waals surface area contributed by atoms with E-state index in [0.717, 1.165) is 15.8 Å². The minimum absolute atomic E-state index is 0.658. The molecule has 0 saturated heterocycles. The van der Waals surface area contributed by atoms with Crippen LogP contribution >= 0.6 is 15.9 Å². The third-order valence-corrected chi connectivity index (χ3v) is 3.99. The summed E-state index contributed by atoms with van der Waals surface area (Å²) in [6.45, 7) is 0. The van der Waals surface area contributed by atoms with Gasteiger partial charge >= 0.3 is 0 Å². The molecule has 0 heterocycles. The summed E-state index contributed by atoms with van der Waals surface area (Å²) in [6.07, 6.45) is 6.68. The third-order valence-electron chi connectivity index (χ3n) is 3.49. The summed E-state index contributed by atoms with van der Waals surface area (Å²) in [6, 6.07) is 6.74. The van der Waals surface area contributed by atoms with Crippen molar-refractivity contribution in [2.45, 2.75) is 38.1 Å². The molecule has 0 unspecified atom stereocenters. The second-order valence-electron chi connectivity index (χ2n) is 4.61. The zero-order chi connectivity index (χ0) is 11.5. The molecule has 1 aromatic rings. The Bertz CT molecular complexity index is 359. The van der Waals surface area contributed by atoms with Gasteiger partial charge in [-0.1, -0.05) is 35.2 Å². The van der Waals surface area contributed by atoms with E-state index in [1.165, 1.54) is 32.1 Å². The lowest BCUT2D eigenvalue weighted by atomic mass is 9.94. The van der Waals surface area contributed by atoms with Gasteiger partial charge in [0.25, 0.3) is 0 Å². The molecule has 1 aromatic carbocycles. The van der Waals surface area contributed by atoms with E-state index in [0.29, 0.717) is 6.04 Å². The van der Waals surface area contributed by atoms with Crippen molar-refractivity contribution in [3.8, 4) is 0 Å². The lowest BCUT2D eigenvalue weighted by molar-refractivity contribution is 0.428. The molecule has 0 spiro atoms. The SMILES string of the molecule is CN(c1cc(Br)ccc1N)C1CCCCC1. The molecule has 88 valence electrons. The number of rotatable bonds is 2. The van der Waals surface area contributed by atoms with Crippen molar-refractivity contribution >= 4 is 27.3 Å². The maximum absolute atomic E-state index is 6.03. The van der Waals surface area contributed by atoms with Gasteiger partial charge in [0.1, 0.15) is 0 Å². The first-order chi connectivity index (χ1) is 7.68. The van der Waals surface area contributed by atoms with E-state index in [2.05, 4.69) is 33.9 Å². The number of hydrogen-bond donors (Lipinski definition) is 1. The van der Waals surface area contributed by atoms with Crippen molar-refractivity contribution in [2.75, 3.05) is 17.7 Å². The fourth-order valence-electron chi connectivity index (χ4n) is 2.49. The van der Waals surface area contributed by atoms with Crippen LogP contribution in [0.2, 0.25) is 0 Å². The van der Waals surface area contributed by atoms with E-state index in [1.807, 2.05) is 12.1 Å². The molecule has 1 saturated carbocycles. The number of nitrogen functional groups attached to an aromatic ring is 1. The highest BCUT2D eigenvalue weighted by molar-refractivity contribution is 9.10. The predicted molar refractivity (Wildman–Crippen MR) is 73.8 cm³/mol. The van der Waals surface area contributed by atoms with Gasteiger partial charge in [0.15, 0.2) is 0 Å². The smallest absolute Gasteiger partial charge is 0.0611 e. The van der Waals surface area contributed by atoms with Crippen LogP contribution in [0.3, 0.4) is 0 Å². The highest BCUT2D eigenvalue weighted by Crippen LogP contribution is 2.31. The van der Waals surface area contributed by atoms with Crippen LogP contribution < -0.4 is 10.6 Å². The molecule has 0 amide bonds. The quantitative estimate of drug-likeness (QED) is 0.836. The van der Waals surface area contributed by atoms with Gasteiger partial charge in [-0.2, -0.15) is 0 Å². The Kier molecular flexibility index (Phi) is 3.74. The molecule has 0 atom stereocenters. The molecular weight excluding hydrogens is 264 g/mol. The molecule has 0 radical (unpaired) electrons. The summed E-state index contributed by atoms with van der Waals surface area (Å²) in [5.41, 5.74) is 8.06. The minimum Gasteiger partial charge on any atom is -0.397 e. The van der Waals surface area contributed by atoms with Crippen molar-refractivity contribution in [2.24, 2.45) is 0 Å². The molecule has 1 fully saturated rings. The number of benzene rings is 1. The third kappa shape index (κ3) is 2.51. The van der Waals surface area contributed by atoms with Gasteiger partial charge in [0.2, 0.25) is 0 Å². The van der Waals surface area contributed by atoms with Crippen LogP contribution in [0.5, 0.6) is 0 Å². The van der Waals surface area contributed by atoms with E-state index in [4.69, 9.17) is 5.73 Å². The van der Waals surface area contributed by atoms with Crippen LogP contribution in [-0.4, -0.2) is 13.1 Å². The first-order valence-corrected chi connectivity index (χ1v) is 6.75. The largest absolute Gasteiger partial charge is 0.397 e. The van der Waals surface area contributed by atoms with E-state index < -0.39 is 0 Å². The van der Waals surface area contributed by atoms with Gasteiger partial charge in [-0.25, -0.2) is 0 Å². The Hall–Kier alpha value is -0.700. The second-order valence-corrected chi connectivity index (χ2v) is 5.52. The van der Waals surface area contributed by atoms with Gasteiger partial charge in [-0.05, 0) is 31.0 Å². The summed E-state index contributed by atoms with van der Waals surface area (Å²) >= 11 is 3.51. The summed E-state index contributed by atoms with van der Waals surface area (Å²) < 4.78 is 1.10. The summed E-state index contributed by atoms with van der Waals surface area (Å²) in [7, 11) is 2.16. The Labute approximate surface area is 106 Å². The van der Waals surface area contributed by atoms with Gasteiger partial charge in [0.05, 0.1) is 11.4 Å². The lowest BCUT2D eigenvalue weighted by Gasteiger charge is -2.33. The van der Waals surface area contributed by atoms with Gasteiger partial charge < -0.3 is 10.6 Å². The molecule has 1 aliphatic rings. The maximum Gasteiger partial charge on any atom is 0.0611 e. The number of nitrogens with zero attached hydrogens (tertiary/aromatic N) is 1. The van der Waals surface area contributed by atoms with E-state index >= 15 is 0 Å². The average molecular weight is 283 g/mol. The fraction of sp³-hybridized carbons (Fsp3) is 0.538.